The fraction of sp³-hybridized carbons (Fsp3) is 0.500. The van der Waals surface area contributed by atoms with Crippen LogP contribution in [0.15, 0.2) is 29.2 Å². The maximum absolute atomic E-state index is 11.2. The van der Waals surface area contributed by atoms with E-state index >= 15 is 0 Å². The first-order valence-corrected chi connectivity index (χ1v) is 7.47. The summed E-state index contributed by atoms with van der Waals surface area (Å²) >= 11 is 0. The predicted molar refractivity (Wildman–Crippen MR) is 70.6 cm³/mol. The molecule has 1 unspecified atom stereocenters. The van der Waals surface area contributed by atoms with Gasteiger partial charge in [-0.25, -0.2) is 13.6 Å². The Bertz CT molecular complexity index is 474. The maximum atomic E-state index is 11.2. The van der Waals surface area contributed by atoms with Gasteiger partial charge in [0.2, 0.25) is 10.0 Å². The predicted octanol–water partition coefficient (Wildman–Crippen LogP) is 0.757. The van der Waals surface area contributed by atoms with E-state index in [2.05, 4.69) is 5.32 Å². The third kappa shape index (κ3) is 4.73. The van der Waals surface area contributed by atoms with E-state index in [1.165, 1.54) is 6.07 Å². The Morgan fingerprint density at radius 2 is 2.11 bits per heavy atom. The Labute approximate surface area is 108 Å². The highest BCUT2D eigenvalue weighted by Gasteiger charge is 2.10. The summed E-state index contributed by atoms with van der Waals surface area (Å²) < 4.78 is 22.5. The SMILES string of the molecule is CC(NCCCCO)c1cccc(S(N)(=O)=O)c1. The highest BCUT2D eigenvalue weighted by molar-refractivity contribution is 7.89. The summed E-state index contributed by atoms with van der Waals surface area (Å²) in [6.07, 6.45) is 1.65. The molecule has 0 heterocycles. The fourth-order valence-corrected chi connectivity index (χ4v) is 2.20. The van der Waals surface area contributed by atoms with Crippen LogP contribution in [0.25, 0.3) is 0 Å². The van der Waals surface area contributed by atoms with Gasteiger partial charge in [-0.2, -0.15) is 0 Å². The van der Waals surface area contributed by atoms with Gasteiger partial charge in [0.15, 0.2) is 0 Å². The lowest BCUT2D eigenvalue weighted by Gasteiger charge is -2.14. The molecule has 1 rings (SSSR count). The second-order valence-electron chi connectivity index (χ2n) is 4.22. The van der Waals surface area contributed by atoms with Crippen LogP contribution in [0.3, 0.4) is 0 Å². The summed E-state index contributed by atoms with van der Waals surface area (Å²) in [4.78, 5) is 0.129. The Balaban J connectivity index is 2.66. The van der Waals surface area contributed by atoms with E-state index in [4.69, 9.17) is 10.2 Å². The number of primary sulfonamides is 1. The molecule has 6 heteroatoms. The molecule has 18 heavy (non-hydrogen) atoms. The quantitative estimate of drug-likeness (QED) is 0.639. The van der Waals surface area contributed by atoms with Crippen LogP contribution < -0.4 is 10.5 Å². The van der Waals surface area contributed by atoms with Crippen molar-refractivity contribution in [2.45, 2.75) is 30.7 Å². The molecular formula is C12H20N2O3S. The van der Waals surface area contributed by atoms with Crippen LogP contribution >= 0.6 is 0 Å². The van der Waals surface area contributed by atoms with Gasteiger partial charge < -0.3 is 10.4 Å². The molecular weight excluding hydrogens is 252 g/mol. The molecule has 0 fully saturated rings. The van der Waals surface area contributed by atoms with E-state index in [1.807, 2.05) is 13.0 Å². The molecule has 0 aliphatic rings. The molecule has 0 saturated heterocycles. The molecule has 0 saturated carbocycles. The van der Waals surface area contributed by atoms with Crippen LogP contribution in [0, 0.1) is 0 Å². The first-order chi connectivity index (χ1) is 8.45. The van der Waals surface area contributed by atoms with Crippen LogP contribution in [0.4, 0.5) is 0 Å². The molecule has 0 spiro atoms. The monoisotopic (exact) mass is 272 g/mol. The second-order valence-corrected chi connectivity index (χ2v) is 5.79. The number of aliphatic hydroxyl groups excluding tert-OH is 1. The maximum Gasteiger partial charge on any atom is 0.238 e. The number of nitrogens with two attached hydrogens (primary N) is 1. The standard InChI is InChI=1S/C12H20N2O3S/c1-10(14-7-2-3-8-15)11-5-4-6-12(9-11)18(13,16)17/h4-6,9-10,14-15H,2-3,7-8H2,1H3,(H2,13,16,17). The van der Waals surface area contributed by atoms with Crippen LogP contribution in [-0.2, 0) is 10.0 Å². The zero-order valence-electron chi connectivity index (χ0n) is 10.5. The van der Waals surface area contributed by atoms with Gasteiger partial charge in [-0.3, -0.25) is 0 Å². The van der Waals surface area contributed by atoms with Gasteiger partial charge in [-0.05, 0) is 44.0 Å². The van der Waals surface area contributed by atoms with Crippen molar-refractivity contribution in [2.75, 3.05) is 13.2 Å². The van der Waals surface area contributed by atoms with Crippen LogP contribution in [0.2, 0.25) is 0 Å². The van der Waals surface area contributed by atoms with E-state index in [-0.39, 0.29) is 17.5 Å². The van der Waals surface area contributed by atoms with Crippen molar-refractivity contribution in [2.24, 2.45) is 5.14 Å². The summed E-state index contributed by atoms with van der Waals surface area (Å²) in [6.45, 7) is 2.93. The molecule has 102 valence electrons. The van der Waals surface area contributed by atoms with Crippen molar-refractivity contribution < 1.29 is 13.5 Å². The van der Waals surface area contributed by atoms with Gasteiger partial charge in [0.1, 0.15) is 0 Å². The molecule has 0 bridgehead atoms. The lowest BCUT2D eigenvalue weighted by atomic mass is 10.1. The topological polar surface area (TPSA) is 92.4 Å². The van der Waals surface area contributed by atoms with E-state index in [0.29, 0.717) is 0 Å². The highest BCUT2D eigenvalue weighted by atomic mass is 32.2. The average molecular weight is 272 g/mol. The van der Waals surface area contributed by atoms with Gasteiger partial charge in [0, 0.05) is 12.6 Å². The highest BCUT2D eigenvalue weighted by Crippen LogP contribution is 2.16. The first-order valence-electron chi connectivity index (χ1n) is 5.92. The molecule has 1 aromatic rings. The summed E-state index contributed by atoms with van der Waals surface area (Å²) in [5.74, 6) is 0. The van der Waals surface area contributed by atoms with Crippen molar-refractivity contribution in [3.05, 3.63) is 29.8 Å². The number of hydrogen-bond donors (Lipinski definition) is 3. The van der Waals surface area contributed by atoms with Gasteiger partial charge in [0.25, 0.3) is 0 Å². The molecule has 1 atom stereocenters. The lowest BCUT2D eigenvalue weighted by Crippen LogP contribution is -2.20. The molecule has 0 aromatic heterocycles. The summed E-state index contributed by atoms with van der Waals surface area (Å²) in [7, 11) is -3.65. The molecule has 0 aliphatic heterocycles. The van der Waals surface area contributed by atoms with Gasteiger partial charge in [-0.1, -0.05) is 12.1 Å². The Kier molecular flexibility index (Phi) is 5.74. The number of hydrogen-bond acceptors (Lipinski definition) is 4. The normalized spacial score (nSPS) is 13.5. The van der Waals surface area contributed by atoms with Crippen molar-refractivity contribution >= 4 is 10.0 Å². The smallest absolute Gasteiger partial charge is 0.238 e. The van der Waals surface area contributed by atoms with Crippen LogP contribution in [0.1, 0.15) is 31.4 Å². The number of aliphatic hydroxyl groups is 1. The summed E-state index contributed by atoms with van der Waals surface area (Å²) in [5.41, 5.74) is 0.880. The minimum absolute atomic E-state index is 0.0467. The molecule has 0 amide bonds. The Morgan fingerprint density at radius 1 is 1.39 bits per heavy atom. The van der Waals surface area contributed by atoms with Gasteiger partial charge >= 0.3 is 0 Å². The molecule has 5 nitrogen and oxygen atoms in total. The number of sulfonamides is 1. The van der Waals surface area contributed by atoms with E-state index in [9.17, 15) is 8.42 Å². The van der Waals surface area contributed by atoms with Crippen molar-refractivity contribution in [3.63, 3.8) is 0 Å². The number of benzene rings is 1. The first kappa shape index (κ1) is 15.1. The zero-order chi connectivity index (χ0) is 13.6. The summed E-state index contributed by atoms with van der Waals surface area (Å²) in [5, 5.41) is 17.0. The third-order valence-electron chi connectivity index (χ3n) is 2.72. The van der Waals surface area contributed by atoms with Crippen molar-refractivity contribution in [3.8, 4) is 0 Å². The van der Waals surface area contributed by atoms with Crippen LogP contribution in [0.5, 0.6) is 0 Å². The van der Waals surface area contributed by atoms with E-state index in [0.717, 1.165) is 24.9 Å². The minimum atomic E-state index is -3.65. The lowest BCUT2D eigenvalue weighted by molar-refractivity contribution is 0.283. The van der Waals surface area contributed by atoms with Gasteiger partial charge in [0.05, 0.1) is 4.90 Å². The Hall–Kier alpha value is -0.950. The number of rotatable bonds is 7. The van der Waals surface area contributed by atoms with E-state index < -0.39 is 10.0 Å². The van der Waals surface area contributed by atoms with Crippen LogP contribution in [-0.4, -0.2) is 26.7 Å². The largest absolute Gasteiger partial charge is 0.396 e. The zero-order valence-corrected chi connectivity index (χ0v) is 11.3. The number of nitrogens with one attached hydrogen (secondary N) is 1. The molecule has 1 aromatic carbocycles. The molecule has 0 radical (unpaired) electrons. The second kappa shape index (κ2) is 6.84. The molecule has 4 N–H and O–H groups in total. The summed E-state index contributed by atoms with van der Waals surface area (Å²) in [6, 6.07) is 6.65. The average Bonchev–Trinajstić information content (AvgIpc) is 2.33. The third-order valence-corrected chi connectivity index (χ3v) is 3.63. The number of unbranched alkanes of at least 4 members (excludes halogenated alkanes) is 1. The minimum Gasteiger partial charge on any atom is -0.396 e. The fourth-order valence-electron chi connectivity index (χ4n) is 1.63. The molecule has 0 aliphatic carbocycles. The van der Waals surface area contributed by atoms with Gasteiger partial charge in [-0.15, -0.1) is 0 Å². The Morgan fingerprint density at radius 3 is 2.72 bits per heavy atom. The van der Waals surface area contributed by atoms with E-state index in [1.54, 1.807) is 12.1 Å². The van der Waals surface area contributed by atoms with Crippen molar-refractivity contribution in [1.82, 2.24) is 5.32 Å². The van der Waals surface area contributed by atoms with Crippen molar-refractivity contribution in [1.29, 1.82) is 0 Å².